The van der Waals surface area contributed by atoms with Gasteiger partial charge < -0.3 is 0 Å². The number of hydrogen-bond acceptors (Lipinski definition) is 9. The van der Waals surface area contributed by atoms with E-state index in [0.29, 0.717) is 5.52 Å². The first kappa shape index (κ1) is 13.4. The molecule has 0 spiro atoms. The lowest BCUT2D eigenvalue weighted by atomic mass is 10.2. The molecule has 10 nitrogen and oxygen atoms in total. The summed E-state index contributed by atoms with van der Waals surface area (Å²) in [4.78, 5) is 10.0. The second kappa shape index (κ2) is 4.93. The molecule has 1 aromatic heterocycles. The van der Waals surface area contributed by atoms with Crippen LogP contribution in [-0.2, 0) is 14.6 Å². The molecule has 2 rings (SSSR count). The monoisotopic (exact) mass is 304 g/mol. The highest BCUT2D eigenvalue weighted by molar-refractivity contribution is 7.85. The summed E-state index contributed by atoms with van der Waals surface area (Å²) >= 11 is 0.800. The Morgan fingerprint density at radius 1 is 1.47 bits per heavy atom. The number of fused-ring (bicyclic) bond motifs is 1. The van der Waals surface area contributed by atoms with E-state index in [2.05, 4.69) is 18.3 Å². The molecule has 12 heteroatoms. The van der Waals surface area contributed by atoms with Gasteiger partial charge in [-0.15, -0.1) is 5.11 Å². The fourth-order valence-electron chi connectivity index (χ4n) is 1.20. The molecule has 0 saturated carbocycles. The van der Waals surface area contributed by atoms with Crippen LogP contribution in [0.15, 0.2) is 27.8 Å². The van der Waals surface area contributed by atoms with E-state index in [9.17, 15) is 18.5 Å². The summed E-state index contributed by atoms with van der Waals surface area (Å²) in [6.07, 6.45) is 0. The lowest BCUT2D eigenvalue weighted by Gasteiger charge is -1.92. The summed E-state index contributed by atoms with van der Waals surface area (Å²) in [5.74, 6) is 0. The number of nitro benzene ring substituents is 1. The molecular formula is C7H4N4O6S2. The van der Waals surface area contributed by atoms with Crippen LogP contribution in [0.5, 0.6) is 0 Å². The van der Waals surface area contributed by atoms with Crippen LogP contribution < -0.4 is 0 Å². The van der Waals surface area contributed by atoms with Crippen molar-refractivity contribution in [2.24, 2.45) is 9.63 Å². The highest BCUT2D eigenvalue weighted by Crippen LogP contribution is 2.33. The van der Waals surface area contributed by atoms with Crippen molar-refractivity contribution in [2.45, 2.75) is 0 Å². The third-order valence-electron chi connectivity index (χ3n) is 1.98. The van der Waals surface area contributed by atoms with Crippen LogP contribution in [-0.4, -0.2) is 23.0 Å². The van der Waals surface area contributed by atoms with Crippen LogP contribution >= 0.6 is 11.5 Å². The fourth-order valence-corrected chi connectivity index (χ4v) is 2.15. The minimum atomic E-state index is -4.53. The Morgan fingerprint density at radius 3 is 2.84 bits per heavy atom. The van der Waals surface area contributed by atoms with E-state index in [1.54, 1.807) is 0 Å². The number of nitro groups is 1. The molecule has 2 aromatic rings. The van der Waals surface area contributed by atoms with Crippen molar-refractivity contribution in [3.05, 3.63) is 28.3 Å². The molecule has 19 heavy (non-hydrogen) atoms. The van der Waals surface area contributed by atoms with Crippen LogP contribution in [0, 0.1) is 10.1 Å². The predicted octanol–water partition coefficient (Wildman–Crippen LogP) is 2.02. The van der Waals surface area contributed by atoms with Gasteiger partial charge in [0, 0.05) is 17.5 Å². The Morgan fingerprint density at radius 2 is 2.21 bits per heavy atom. The SMILES string of the molecule is O=[N+]([O-])c1ccc2nsc(N=NS(=O)(=O)OO)c2c1. The van der Waals surface area contributed by atoms with Crippen molar-refractivity contribution in [1.29, 1.82) is 0 Å². The molecule has 0 aliphatic rings. The average Bonchev–Trinajstić information content (AvgIpc) is 2.78. The first-order chi connectivity index (χ1) is 8.93. The van der Waals surface area contributed by atoms with Gasteiger partial charge in [-0.3, -0.25) is 10.1 Å². The lowest BCUT2D eigenvalue weighted by Crippen LogP contribution is -1.95. The van der Waals surface area contributed by atoms with E-state index < -0.39 is 15.2 Å². The van der Waals surface area contributed by atoms with Gasteiger partial charge >= 0.3 is 10.3 Å². The van der Waals surface area contributed by atoms with Crippen LogP contribution in [0.3, 0.4) is 0 Å². The summed E-state index contributed by atoms with van der Waals surface area (Å²) in [7, 11) is -4.53. The first-order valence-corrected chi connectivity index (χ1v) is 6.61. The summed E-state index contributed by atoms with van der Waals surface area (Å²) in [5, 5.41) is 22.3. The standard InChI is InChI=1S/C7H4N4O6S2/c12-11(13)4-1-2-6-5(3-4)7(18-9-6)8-10-19(15,16)17-14/h1-3,14H. The fraction of sp³-hybridized carbons (Fsp3) is 0. The van der Waals surface area contributed by atoms with Gasteiger partial charge in [0.15, 0.2) is 5.00 Å². The molecule has 0 fully saturated rings. The number of aromatic nitrogens is 1. The number of rotatable bonds is 4. The third-order valence-corrected chi connectivity index (χ3v) is 3.21. The number of nitrogens with zero attached hydrogens (tertiary/aromatic N) is 4. The zero-order valence-corrected chi connectivity index (χ0v) is 10.5. The molecule has 0 unspecified atom stereocenters. The summed E-state index contributed by atoms with van der Waals surface area (Å²) in [6, 6.07) is 3.86. The van der Waals surface area contributed by atoms with Crippen molar-refractivity contribution >= 4 is 43.4 Å². The van der Waals surface area contributed by atoms with E-state index >= 15 is 0 Å². The zero-order valence-electron chi connectivity index (χ0n) is 8.83. The molecule has 0 atom stereocenters. The largest absolute Gasteiger partial charge is 0.425 e. The van der Waals surface area contributed by atoms with Crippen molar-refractivity contribution < 1.29 is 22.9 Å². The minimum absolute atomic E-state index is 0.0410. The second-order valence-corrected chi connectivity index (χ2v) is 5.05. The Labute approximate surface area is 109 Å². The summed E-state index contributed by atoms with van der Waals surface area (Å²) in [5.41, 5.74) is 0.220. The molecule has 0 bridgehead atoms. The highest BCUT2D eigenvalue weighted by Gasteiger charge is 2.13. The Kier molecular flexibility index (Phi) is 3.48. The number of benzene rings is 1. The van der Waals surface area contributed by atoms with Gasteiger partial charge in [-0.05, 0) is 22.1 Å². The molecule has 0 aliphatic heterocycles. The average molecular weight is 304 g/mol. The van der Waals surface area contributed by atoms with Crippen LogP contribution in [0.25, 0.3) is 10.9 Å². The summed E-state index contributed by atoms with van der Waals surface area (Å²) in [6.45, 7) is 0. The van der Waals surface area contributed by atoms with Crippen LogP contribution in [0.1, 0.15) is 0 Å². The molecule has 0 amide bonds. The topological polar surface area (TPSA) is 144 Å². The maximum absolute atomic E-state index is 10.7. The van der Waals surface area contributed by atoms with Crippen LogP contribution in [0.4, 0.5) is 10.7 Å². The molecule has 100 valence electrons. The smallest absolute Gasteiger partial charge is 0.258 e. The molecule has 1 aromatic carbocycles. The van der Waals surface area contributed by atoms with E-state index in [1.807, 2.05) is 0 Å². The second-order valence-electron chi connectivity index (χ2n) is 3.13. The molecular weight excluding hydrogens is 300 g/mol. The van der Waals surface area contributed by atoms with Gasteiger partial charge in [0.05, 0.1) is 10.4 Å². The van der Waals surface area contributed by atoms with Crippen molar-refractivity contribution in [2.75, 3.05) is 0 Å². The summed E-state index contributed by atoms with van der Waals surface area (Å²) < 4.78 is 31.3. The Hall–Kier alpha value is -2.02. The molecule has 0 saturated heterocycles. The van der Waals surface area contributed by atoms with Crippen molar-refractivity contribution in [1.82, 2.24) is 4.37 Å². The Balaban J connectivity index is 2.50. The van der Waals surface area contributed by atoms with Gasteiger partial charge in [-0.2, -0.15) is 12.8 Å². The minimum Gasteiger partial charge on any atom is -0.258 e. The zero-order chi connectivity index (χ0) is 14.0. The maximum atomic E-state index is 10.7. The molecule has 1 heterocycles. The van der Waals surface area contributed by atoms with Gasteiger partial charge in [0.2, 0.25) is 0 Å². The van der Waals surface area contributed by atoms with E-state index in [-0.39, 0.29) is 16.1 Å². The van der Waals surface area contributed by atoms with E-state index in [1.165, 1.54) is 18.2 Å². The number of non-ortho nitro benzene ring substituents is 1. The maximum Gasteiger partial charge on any atom is 0.425 e. The van der Waals surface area contributed by atoms with E-state index in [4.69, 9.17) is 5.26 Å². The van der Waals surface area contributed by atoms with Gasteiger partial charge in [0.25, 0.3) is 5.69 Å². The van der Waals surface area contributed by atoms with Crippen molar-refractivity contribution in [3.63, 3.8) is 0 Å². The van der Waals surface area contributed by atoms with Gasteiger partial charge in [0.1, 0.15) is 0 Å². The molecule has 0 radical (unpaired) electrons. The first-order valence-electron chi connectivity index (χ1n) is 4.48. The van der Waals surface area contributed by atoms with Crippen LogP contribution in [0.2, 0.25) is 0 Å². The third kappa shape index (κ3) is 2.87. The lowest BCUT2D eigenvalue weighted by molar-refractivity contribution is -0.384. The predicted molar refractivity (Wildman–Crippen MR) is 63.4 cm³/mol. The van der Waals surface area contributed by atoms with Crippen molar-refractivity contribution in [3.8, 4) is 0 Å². The van der Waals surface area contributed by atoms with Gasteiger partial charge in [-0.1, -0.05) is 4.33 Å². The van der Waals surface area contributed by atoms with E-state index in [0.717, 1.165) is 11.5 Å². The number of hydrogen-bond donors (Lipinski definition) is 1. The van der Waals surface area contributed by atoms with Gasteiger partial charge in [-0.25, -0.2) is 5.26 Å². The normalized spacial score (nSPS) is 12.3. The Bertz CT molecular complexity index is 767. The molecule has 1 N–H and O–H groups in total. The quantitative estimate of drug-likeness (QED) is 0.393. The molecule has 0 aliphatic carbocycles. The highest BCUT2D eigenvalue weighted by atomic mass is 32.2.